The molecule has 3 saturated heterocycles. The first-order valence-electron chi connectivity index (χ1n) is 8.23. The molecule has 6 heteroatoms. The zero-order valence-electron chi connectivity index (χ0n) is 12.7. The molecule has 1 aromatic carbocycles. The number of aromatic nitrogens is 2. The molecular formula is C17H18FN3OS. The Kier molecular flexibility index (Phi) is 3.16. The van der Waals surface area contributed by atoms with Gasteiger partial charge in [0, 0.05) is 37.0 Å². The van der Waals surface area contributed by atoms with Crippen molar-refractivity contribution in [2.24, 2.45) is 17.8 Å². The van der Waals surface area contributed by atoms with Crippen LogP contribution in [-0.2, 0) is 0 Å². The Bertz CT molecular complexity index is 706. The highest BCUT2D eigenvalue weighted by molar-refractivity contribution is 7.16. The molecule has 0 N–H and O–H groups in total. The molecule has 4 bridgehead atoms. The Labute approximate surface area is 138 Å². The fourth-order valence-electron chi connectivity index (χ4n) is 4.67. The standard InChI is InChI=1S/C17H18FN3OS/c18-14-3-1-2-11(6-14)16-19-20-17(23-16)22-15-12-4-10-5-13(15)9-21(7-10)8-12/h1-3,6,10,12-13,15H,4-5,7-9H2. The Morgan fingerprint density at radius 2 is 1.96 bits per heavy atom. The van der Waals surface area contributed by atoms with Crippen LogP contribution in [0.15, 0.2) is 24.3 Å². The van der Waals surface area contributed by atoms with E-state index in [2.05, 4.69) is 15.1 Å². The summed E-state index contributed by atoms with van der Waals surface area (Å²) in [7, 11) is 0. The number of piperidine rings is 3. The van der Waals surface area contributed by atoms with Crippen molar-refractivity contribution in [3.05, 3.63) is 30.1 Å². The largest absolute Gasteiger partial charge is 0.465 e. The van der Waals surface area contributed by atoms with Crippen molar-refractivity contribution in [2.75, 3.05) is 19.6 Å². The van der Waals surface area contributed by atoms with Gasteiger partial charge in [-0.15, -0.1) is 5.10 Å². The number of rotatable bonds is 3. The van der Waals surface area contributed by atoms with Gasteiger partial charge < -0.3 is 9.64 Å². The predicted octanol–water partition coefficient (Wildman–Crippen LogP) is 3.06. The number of nitrogens with zero attached hydrogens (tertiary/aromatic N) is 3. The molecule has 4 nitrogen and oxygen atoms in total. The highest BCUT2D eigenvalue weighted by atomic mass is 32.1. The van der Waals surface area contributed by atoms with Gasteiger partial charge in [0.05, 0.1) is 0 Å². The molecule has 4 heterocycles. The number of halogens is 1. The molecule has 1 aromatic heterocycles. The summed E-state index contributed by atoms with van der Waals surface area (Å²) in [5.74, 6) is 1.87. The molecule has 0 amide bonds. The molecule has 2 aromatic rings. The second-order valence-electron chi connectivity index (χ2n) is 7.04. The molecule has 6 rings (SSSR count). The van der Waals surface area contributed by atoms with Crippen LogP contribution in [0.2, 0.25) is 0 Å². The highest BCUT2D eigenvalue weighted by Crippen LogP contribution is 2.45. The second-order valence-corrected chi connectivity index (χ2v) is 7.98. The van der Waals surface area contributed by atoms with E-state index in [1.807, 2.05) is 6.07 Å². The van der Waals surface area contributed by atoms with Crippen LogP contribution in [0.1, 0.15) is 12.8 Å². The minimum absolute atomic E-state index is 0.254. The lowest BCUT2D eigenvalue weighted by molar-refractivity contribution is -0.0986. The highest BCUT2D eigenvalue weighted by Gasteiger charge is 2.49. The van der Waals surface area contributed by atoms with Crippen LogP contribution in [0, 0.1) is 23.6 Å². The maximum atomic E-state index is 13.3. The summed E-state index contributed by atoms with van der Waals surface area (Å²) in [5.41, 5.74) is 0.758. The van der Waals surface area contributed by atoms with Crippen molar-refractivity contribution in [3.63, 3.8) is 0 Å². The van der Waals surface area contributed by atoms with Gasteiger partial charge in [-0.25, -0.2) is 4.39 Å². The van der Waals surface area contributed by atoms with Crippen molar-refractivity contribution in [3.8, 4) is 15.8 Å². The number of hydrogen-bond donors (Lipinski definition) is 0. The van der Waals surface area contributed by atoms with Gasteiger partial charge in [-0.2, -0.15) is 0 Å². The maximum absolute atomic E-state index is 13.3. The second kappa shape index (κ2) is 5.24. The molecule has 4 aliphatic rings. The average molecular weight is 331 g/mol. The van der Waals surface area contributed by atoms with Gasteiger partial charge in [0.15, 0.2) is 5.01 Å². The third kappa shape index (κ3) is 2.44. The first kappa shape index (κ1) is 13.9. The van der Waals surface area contributed by atoms with Crippen LogP contribution < -0.4 is 4.74 Å². The zero-order valence-corrected chi connectivity index (χ0v) is 13.5. The fraction of sp³-hybridized carbons (Fsp3) is 0.529. The van der Waals surface area contributed by atoms with Gasteiger partial charge >= 0.3 is 0 Å². The lowest BCUT2D eigenvalue weighted by Crippen LogP contribution is -2.61. The van der Waals surface area contributed by atoms with E-state index in [1.54, 1.807) is 6.07 Å². The molecule has 0 spiro atoms. The van der Waals surface area contributed by atoms with Crippen molar-refractivity contribution in [2.45, 2.75) is 18.9 Å². The molecule has 4 fully saturated rings. The predicted molar refractivity (Wildman–Crippen MR) is 85.9 cm³/mol. The van der Waals surface area contributed by atoms with Crippen LogP contribution in [0.4, 0.5) is 4.39 Å². The molecule has 2 atom stereocenters. The molecule has 2 unspecified atom stereocenters. The van der Waals surface area contributed by atoms with Gasteiger partial charge in [0.2, 0.25) is 0 Å². The molecule has 0 radical (unpaired) electrons. The van der Waals surface area contributed by atoms with E-state index in [-0.39, 0.29) is 11.9 Å². The van der Waals surface area contributed by atoms with Gasteiger partial charge in [-0.05, 0) is 30.9 Å². The molecule has 3 aliphatic heterocycles. The van der Waals surface area contributed by atoms with Gasteiger partial charge in [-0.3, -0.25) is 0 Å². The van der Waals surface area contributed by atoms with E-state index in [9.17, 15) is 4.39 Å². The maximum Gasteiger partial charge on any atom is 0.294 e. The molecule has 1 aliphatic carbocycles. The van der Waals surface area contributed by atoms with E-state index >= 15 is 0 Å². The Morgan fingerprint density at radius 1 is 1.13 bits per heavy atom. The Balaban J connectivity index is 1.36. The number of hydrogen-bond acceptors (Lipinski definition) is 5. The lowest BCUT2D eigenvalue weighted by atomic mass is 9.66. The van der Waals surface area contributed by atoms with Crippen LogP contribution in [-0.4, -0.2) is 40.8 Å². The minimum atomic E-state index is -0.254. The monoisotopic (exact) mass is 331 g/mol. The summed E-state index contributed by atoms with van der Waals surface area (Å²) in [6.07, 6.45) is 2.84. The number of ether oxygens (including phenoxy) is 1. The van der Waals surface area contributed by atoms with Crippen LogP contribution in [0.5, 0.6) is 5.19 Å². The molecule has 23 heavy (non-hydrogen) atoms. The van der Waals surface area contributed by atoms with Gasteiger partial charge in [0.25, 0.3) is 5.19 Å². The van der Waals surface area contributed by atoms with Crippen LogP contribution >= 0.6 is 11.3 Å². The zero-order chi connectivity index (χ0) is 15.4. The Hall–Kier alpha value is -1.53. The Morgan fingerprint density at radius 3 is 2.70 bits per heavy atom. The summed E-state index contributed by atoms with van der Waals surface area (Å²) < 4.78 is 19.6. The van der Waals surface area contributed by atoms with Crippen molar-refractivity contribution < 1.29 is 9.13 Å². The molecule has 1 saturated carbocycles. The van der Waals surface area contributed by atoms with E-state index < -0.39 is 0 Å². The molecular weight excluding hydrogens is 313 g/mol. The average Bonchev–Trinajstić information content (AvgIpc) is 2.99. The van der Waals surface area contributed by atoms with E-state index in [0.717, 1.165) is 24.6 Å². The van der Waals surface area contributed by atoms with Crippen molar-refractivity contribution >= 4 is 11.3 Å². The smallest absolute Gasteiger partial charge is 0.294 e. The third-order valence-corrected chi connectivity index (χ3v) is 6.28. The fourth-order valence-corrected chi connectivity index (χ4v) is 5.40. The minimum Gasteiger partial charge on any atom is -0.465 e. The van der Waals surface area contributed by atoms with Crippen molar-refractivity contribution in [1.82, 2.24) is 15.1 Å². The van der Waals surface area contributed by atoms with Crippen LogP contribution in [0.25, 0.3) is 10.6 Å². The van der Waals surface area contributed by atoms with Gasteiger partial charge in [0.1, 0.15) is 11.9 Å². The summed E-state index contributed by atoms with van der Waals surface area (Å²) >= 11 is 1.41. The summed E-state index contributed by atoms with van der Waals surface area (Å²) in [6.45, 7) is 3.60. The molecule has 120 valence electrons. The lowest BCUT2D eigenvalue weighted by Gasteiger charge is -2.54. The van der Waals surface area contributed by atoms with Gasteiger partial charge in [-0.1, -0.05) is 28.6 Å². The summed E-state index contributed by atoms with van der Waals surface area (Å²) in [5, 5.41) is 9.70. The first-order chi connectivity index (χ1) is 11.2. The number of benzene rings is 1. The van der Waals surface area contributed by atoms with Crippen molar-refractivity contribution in [1.29, 1.82) is 0 Å². The van der Waals surface area contributed by atoms with E-state index in [1.165, 1.54) is 42.9 Å². The SMILES string of the molecule is Fc1cccc(-c2nnc(OC3C4CC5CC3CN(C5)C4)s2)c1. The van der Waals surface area contributed by atoms with E-state index in [4.69, 9.17) is 4.74 Å². The normalized spacial score (nSPS) is 34.7. The topological polar surface area (TPSA) is 38.3 Å². The third-order valence-electron chi connectivity index (χ3n) is 5.42. The first-order valence-corrected chi connectivity index (χ1v) is 9.05. The summed E-state index contributed by atoms with van der Waals surface area (Å²) in [6, 6.07) is 6.47. The summed E-state index contributed by atoms with van der Waals surface area (Å²) in [4.78, 5) is 2.59. The van der Waals surface area contributed by atoms with E-state index in [0.29, 0.717) is 22.0 Å². The van der Waals surface area contributed by atoms with Crippen LogP contribution in [0.3, 0.4) is 0 Å². The quantitative estimate of drug-likeness (QED) is 0.866.